The SMILES string of the molecule is O=c1oc2cc(-c3nc4ccccc4[nH]3)c(C3C=Cc4ccccc4O3)c(-c3ccn4ccccc34)c2c(-c2cc3ccccc3o2)c1-c1cc(=O)c2ccccc2o1. The van der Waals surface area contributed by atoms with Crippen molar-refractivity contribution in [1.82, 2.24) is 14.4 Å². The molecule has 1 aliphatic rings. The van der Waals surface area contributed by atoms with Crippen LogP contribution < -0.4 is 15.8 Å². The molecule has 59 heavy (non-hydrogen) atoms. The summed E-state index contributed by atoms with van der Waals surface area (Å²) in [4.78, 5) is 37.1. The Morgan fingerprint density at radius 1 is 0.627 bits per heavy atom. The van der Waals surface area contributed by atoms with Crippen molar-refractivity contribution >= 4 is 55.5 Å². The maximum atomic E-state index is 14.8. The highest BCUT2D eigenvalue weighted by molar-refractivity contribution is 6.13. The third-order valence-corrected chi connectivity index (χ3v) is 11.2. The number of nitrogens with zero attached hydrogens (tertiary/aromatic N) is 2. The first-order chi connectivity index (χ1) is 29.1. The molecule has 9 nitrogen and oxygen atoms in total. The van der Waals surface area contributed by atoms with Crippen molar-refractivity contribution in [2.75, 3.05) is 0 Å². The summed E-state index contributed by atoms with van der Waals surface area (Å²) < 4.78 is 28.6. The van der Waals surface area contributed by atoms with E-state index in [-0.39, 0.29) is 22.3 Å². The fraction of sp³-hybridized carbons (Fsp3) is 0.0200. The van der Waals surface area contributed by atoms with E-state index in [1.807, 2.05) is 116 Å². The largest absolute Gasteiger partial charge is 0.481 e. The number of ether oxygens (including phenoxy) is 1. The van der Waals surface area contributed by atoms with E-state index < -0.39 is 11.7 Å². The number of furan rings is 1. The molecule has 7 heterocycles. The molecule has 0 aliphatic carbocycles. The quantitative estimate of drug-likeness (QED) is 0.173. The first-order valence-electron chi connectivity index (χ1n) is 19.2. The number of hydrogen-bond donors (Lipinski definition) is 1. The molecule has 5 aromatic carbocycles. The van der Waals surface area contributed by atoms with Crippen LogP contribution >= 0.6 is 0 Å². The standard InChI is InChI=1S/C50H29N3O6/c54-36-27-43(58-39-19-8-3-13-31(36)39)48-47(41-25-29-12-2-7-18-38(29)57-41)46-42(59-50(48)55)26-32(49-51-33-14-4-5-15-34(33)52-49)44(40-21-20-28-11-1-6-17-37(28)56-40)45(46)30-22-24-53-23-10-9-16-35(30)53/h1-27,40H,(H,51,52). The van der Waals surface area contributed by atoms with Crippen LogP contribution in [-0.4, -0.2) is 14.4 Å². The van der Waals surface area contributed by atoms with Crippen LogP contribution in [0.5, 0.6) is 5.75 Å². The monoisotopic (exact) mass is 767 g/mol. The molecule has 0 fully saturated rings. The molecule has 9 heteroatoms. The van der Waals surface area contributed by atoms with E-state index in [1.54, 1.807) is 24.3 Å². The highest BCUT2D eigenvalue weighted by Crippen LogP contribution is 2.50. The van der Waals surface area contributed by atoms with E-state index >= 15 is 0 Å². The molecule has 0 saturated heterocycles. The number of hydrogen-bond acceptors (Lipinski definition) is 7. The fourth-order valence-electron chi connectivity index (χ4n) is 8.55. The van der Waals surface area contributed by atoms with Crippen LogP contribution in [0.4, 0.5) is 0 Å². The van der Waals surface area contributed by atoms with Gasteiger partial charge in [-0.2, -0.15) is 0 Å². The van der Waals surface area contributed by atoms with Crippen molar-refractivity contribution < 1.29 is 18.0 Å². The Morgan fingerprint density at radius 3 is 2.32 bits per heavy atom. The molecule has 0 radical (unpaired) electrons. The second-order valence-corrected chi connectivity index (χ2v) is 14.6. The molecule has 12 rings (SSSR count). The molecule has 1 unspecified atom stereocenters. The molecule has 1 N–H and O–H groups in total. The van der Waals surface area contributed by atoms with Gasteiger partial charge >= 0.3 is 5.63 Å². The molecule has 0 spiro atoms. The van der Waals surface area contributed by atoms with Crippen molar-refractivity contribution in [3.05, 3.63) is 190 Å². The normalized spacial score (nSPS) is 13.8. The first-order valence-corrected chi connectivity index (χ1v) is 19.2. The van der Waals surface area contributed by atoms with Crippen LogP contribution in [-0.2, 0) is 0 Å². The lowest BCUT2D eigenvalue weighted by Gasteiger charge is -2.27. The Morgan fingerprint density at radius 2 is 1.41 bits per heavy atom. The summed E-state index contributed by atoms with van der Waals surface area (Å²) in [5.74, 6) is 1.74. The van der Waals surface area contributed by atoms with Crippen molar-refractivity contribution in [2.24, 2.45) is 0 Å². The van der Waals surface area contributed by atoms with Gasteiger partial charge in [0, 0.05) is 62.6 Å². The van der Waals surface area contributed by atoms with E-state index in [2.05, 4.69) is 27.6 Å². The molecule has 280 valence electrons. The number of benzene rings is 5. The smallest absolute Gasteiger partial charge is 0.348 e. The van der Waals surface area contributed by atoms with Gasteiger partial charge in [-0.3, -0.25) is 4.79 Å². The Labute approximate surface area is 333 Å². The third kappa shape index (κ3) is 5.15. The number of fused-ring (bicyclic) bond motifs is 6. The minimum Gasteiger partial charge on any atom is -0.481 e. The zero-order chi connectivity index (χ0) is 39.2. The Balaban J connectivity index is 1.30. The summed E-state index contributed by atoms with van der Waals surface area (Å²) in [6.07, 6.45) is 7.47. The van der Waals surface area contributed by atoms with Gasteiger partial charge in [-0.25, -0.2) is 9.78 Å². The van der Waals surface area contributed by atoms with Gasteiger partial charge in [0.15, 0.2) is 5.43 Å². The van der Waals surface area contributed by atoms with E-state index in [1.165, 1.54) is 6.07 Å². The molecule has 6 aromatic heterocycles. The Kier molecular flexibility index (Phi) is 7.09. The maximum absolute atomic E-state index is 14.8. The Hall–Kier alpha value is -8.17. The van der Waals surface area contributed by atoms with Crippen LogP contribution in [0, 0.1) is 0 Å². The van der Waals surface area contributed by atoms with Crippen molar-refractivity contribution in [1.29, 1.82) is 0 Å². The van der Waals surface area contributed by atoms with Gasteiger partial charge in [-0.05, 0) is 72.8 Å². The van der Waals surface area contributed by atoms with Gasteiger partial charge in [-0.15, -0.1) is 0 Å². The predicted octanol–water partition coefficient (Wildman–Crippen LogP) is 11.6. The number of pyridine rings is 1. The van der Waals surface area contributed by atoms with Gasteiger partial charge in [0.05, 0.1) is 21.9 Å². The summed E-state index contributed by atoms with van der Waals surface area (Å²) in [6, 6.07) is 43.6. The molecular formula is C50H29N3O6. The molecular weight excluding hydrogens is 739 g/mol. The fourth-order valence-corrected chi connectivity index (χ4v) is 8.55. The minimum absolute atomic E-state index is 0.0528. The van der Waals surface area contributed by atoms with Crippen molar-refractivity contribution in [3.8, 4) is 50.9 Å². The average molecular weight is 768 g/mol. The topological polar surface area (TPSA) is 116 Å². The van der Waals surface area contributed by atoms with Gasteiger partial charge < -0.3 is 27.4 Å². The van der Waals surface area contributed by atoms with Crippen LogP contribution in [0.15, 0.2) is 181 Å². The van der Waals surface area contributed by atoms with Gasteiger partial charge in [0.25, 0.3) is 0 Å². The summed E-state index contributed by atoms with van der Waals surface area (Å²) >= 11 is 0. The molecule has 0 bridgehead atoms. The first kappa shape index (κ1) is 33.0. The summed E-state index contributed by atoms with van der Waals surface area (Å²) in [5, 5.41) is 1.80. The van der Waals surface area contributed by atoms with E-state index in [4.69, 9.17) is 23.0 Å². The predicted molar refractivity (Wildman–Crippen MR) is 229 cm³/mol. The lowest BCUT2D eigenvalue weighted by molar-refractivity contribution is 0.253. The van der Waals surface area contributed by atoms with Gasteiger partial charge in [0.2, 0.25) is 0 Å². The molecule has 11 aromatic rings. The number of nitrogens with one attached hydrogen (secondary N) is 1. The van der Waals surface area contributed by atoms with E-state index in [0.717, 1.165) is 49.9 Å². The summed E-state index contributed by atoms with van der Waals surface area (Å²) in [7, 11) is 0. The van der Waals surface area contributed by atoms with Gasteiger partial charge in [0.1, 0.15) is 51.5 Å². The number of rotatable bonds is 5. The van der Waals surface area contributed by atoms with E-state index in [0.29, 0.717) is 44.7 Å². The summed E-state index contributed by atoms with van der Waals surface area (Å²) in [6.45, 7) is 0. The van der Waals surface area contributed by atoms with Gasteiger partial charge in [-0.1, -0.05) is 72.8 Å². The van der Waals surface area contributed by atoms with Crippen molar-refractivity contribution in [2.45, 2.75) is 6.10 Å². The molecule has 0 amide bonds. The lowest BCUT2D eigenvalue weighted by Crippen LogP contribution is -2.14. The zero-order valence-electron chi connectivity index (χ0n) is 31.0. The number of aromatic amines is 1. The summed E-state index contributed by atoms with van der Waals surface area (Å²) in [5.41, 5.74) is 7.21. The van der Waals surface area contributed by atoms with E-state index in [9.17, 15) is 9.59 Å². The van der Waals surface area contributed by atoms with Crippen LogP contribution in [0.2, 0.25) is 0 Å². The second-order valence-electron chi connectivity index (χ2n) is 14.6. The highest BCUT2D eigenvalue weighted by atomic mass is 16.5. The number of H-pyrrole nitrogens is 1. The van der Waals surface area contributed by atoms with Crippen LogP contribution in [0.3, 0.4) is 0 Å². The van der Waals surface area contributed by atoms with Crippen LogP contribution in [0.25, 0.3) is 101 Å². The number of para-hydroxylation sites is 5. The maximum Gasteiger partial charge on any atom is 0.348 e. The molecule has 0 saturated carbocycles. The Bertz CT molecular complexity index is 3610. The third-order valence-electron chi connectivity index (χ3n) is 11.2. The van der Waals surface area contributed by atoms with Crippen molar-refractivity contribution in [3.63, 3.8) is 0 Å². The molecule has 1 aliphatic heterocycles. The molecule has 1 atom stereocenters. The lowest BCUT2D eigenvalue weighted by atomic mass is 9.84. The highest BCUT2D eigenvalue weighted by Gasteiger charge is 2.33. The average Bonchev–Trinajstić information content (AvgIpc) is 4.02. The zero-order valence-corrected chi connectivity index (χ0v) is 31.0. The number of aromatic nitrogens is 3. The minimum atomic E-state index is -0.704. The van der Waals surface area contributed by atoms with Crippen LogP contribution in [0.1, 0.15) is 17.2 Å². The number of imidazole rings is 1. The second kappa shape index (κ2) is 12.7.